The fraction of sp³-hybridized carbons (Fsp3) is 0.615. The van der Waals surface area contributed by atoms with Gasteiger partial charge in [0.15, 0.2) is 5.52 Å². The molecular formula is C13H20N6O. The number of fused-ring (bicyclic) bond motifs is 1. The van der Waals surface area contributed by atoms with Crippen molar-refractivity contribution in [1.82, 2.24) is 24.5 Å². The average molecular weight is 276 g/mol. The Hall–Kier alpha value is -1.89. The third-order valence-corrected chi connectivity index (χ3v) is 3.57. The Bertz CT molecular complexity index is 704. The van der Waals surface area contributed by atoms with Crippen LogP contribution in [0.1, 0.15) is 26.5 Å². The third-order valence-electron chi connectivity index (χ3n) is 3.57. The first kappa shape index (κ1) is 13.1. The number of anilines is 1. The summed E-state index contributed by atoms with van der Waals surface area (Å²) in [5.41, 5.74) is 0.888. The predicted molar refractivity (Wildman–Crippen MR) is 77.3 cm³/mol. The van der Waals surface area contributed by atoms with E-state index in [0.29, 0.717) is 23.2 Å². The molecule has 7 heteroatoms. The van der Waals surface area contributed by atoms with Gasteiger partial charge in [-0.3, -0.25) is 9.36 Å². The molecule has 0 amide bonds. The van der Waals surface area contributed by atoms with Gasteiger partial charge in [0.1, 0.15) is 6.33 Å². The van der Waals surface area contributed by atoms with Crippen LogP contribution in [-0.2, 0) is 5.54 Å². The van der Waals surface area contributed by atoms with E-state index in [2.05, 4.69) is 20.7 Å². The molecule has 0 atom stereocenters. The Morgan fingerprint density at radius 3 is 2.65 bits per heavy atom. The highest BCUT2D eigenvalue weighted by molar-refractivity contribution is 5.55. The lowest BCUT2D eigenvalue weighted by atomic mass is 10.1. The first-order valence-corrected chi connectivity index (χ1v) is 6.82. The highest BCUT2D eigenvalue weighted by atomic mass is 16.1. The standard InChI is InChI=1S/C13H20N6O/c1-8-10-11(20)18(13(2,3)4)7-15-19(10)12(16-8)17-9-5-14-6-9/h7,9,14H,5-6H2,1-4H3,(H,16,17). The van der Waals surface area contributed by atoms with Gasteiger partial charge in [-0.2, -0.15) is 9.61 Å². The number of nitrogens with one attached hydrogen (secondary N) is 2. The quantitative estimate of drug-likeness (QED) is 0.827. The molecule has 1 saturated heterocycles. The molecule has 2 aromatic rings. The predicted octanol–water partition coefficient (Wildman–Crippen LogP) is 0.338. The molecule has 1 aliphatic heterocycles. The van der Waals surface area contributed by atoms with Gasteiger partial charge in [0.2, 0.25) is 5.95 Å². The fourth-order valence-electron chi connectivity index (χ4n) is 2.29. The Morgan fingerprint density at radius 1 is 1.40 bits per heavy atom. The number of rotatable bonds is 2. The molecule has 0 spiro atoms. The molecule has 2 N–H and O–H groups in total. The molecule has 3 heterocycles. The van der Waals surface area contributed by atoms with Gasteiger partial charge in [0.05, 0.1) is 11.7 Å². The van der Waals surface area contributed by atoms with E-state index < -0.39 is 0 Å². The third kappa shape index (κ3) is 1.98. The van der Waals surface area contributed by atoms with Gasteiger partial charge >= 0.3 is 0 Å². The van der Waals surface area contributed by atoms with Gasteiger partial charge in [-0.1, -0.05) is 0 Å². The summed E-state index contributed by atoms with van der Waals surface area (Å²) in [6.07, 6.45) is 1.58. The first-order chi connectivity index (χ1) is 9.38. The molecule has 1 aliphatic rings. The zero-order chi connectivity index (χ0) is 14.5. The highest BCUT2D eigenvalue weighted by Crippen LogP contribution is 2.15. The van der Waals surface area contributed by atoms with E-state index in [4.69, 9.17) is 0 Å². The van der Waals surface area contributed by atoms with Crippen molar-refractivity contribution in [1.29, 1.82) is 0 Å². The summed E-state index contributed by atoms with van der Waals surface area (Å²) in [4.78, 5) is 17.0. The summed E-state index contributed by atoms with van der Waals surface area (Å²) in [7, 11) is 0. The molecule has 2 aromatic heterocycles. The molecule has 1 fully saturated rings. The Balaban J connectivity index is 2.13. The molecule has 0 saturated carbocycles. The van der Waals surface area contributed by atoms with E-state index in [-0.39, 0.29) is 11.1 Å². The number of aromatic nitrogens is 4. The van der Waals surface area contributed by atoms with Crippen molar-refractivity contribution >= 4 is 11.5 Å². The topological polar surface area (TPSA) is 76.2 Å². The van der Waals surface area contributed by atoms with Crippen LogP contribution in [0.4, 0.5) is 5.95 Å². The molecule has 0 bridgehead atoms. The Kier molecular flexibility index (Phi) is 2.82. The van der Waals surface area contributed by atoms with E-state index in [1.165, 1.54) is 0 Å². The molecule has 7 nitrogen and oxygen atoms in total. The summed E-state index contributed by atoms with van der Waals surface area (Å²) in [5, 5.41) is 10.9. The van der Waals surface area contributed by atoms with Crippen molar-refractivity contribution in [3.05, 3.63) is 22.4 Å². The Morgan fingerprint density at radius 2 is 2.10 bits per heavy atom. The maximum absolute atomic E-state index is 12.6. The van der Waals surface area contributed by atoms with Crippen molar-refractivity contribution in [2.45, 2.75) is 39.3 Å². The first-order valence-electron chi connectivity index (χ1n) is 6.82. The van der Waals surface area contributed by atoms with Crippen molar-refractivity contribution in [2.75, 3.05) is 18.4 Å². The molecule has 20 heavy (non-hydrogen) atoms. The van der Waals surface area contributed by atoms with E-state index in [0.717, 1.165) is 13.1 Å². The zero-order valence-electron chi connectivity index (χ0n) is 12.3. The molecule has 3 rings (SSSR count). The lowest BCUT2D eigenvalue weighted by molar-refractivity contribution is 0.376. The summed E-state index contributed by atoms with van der Waals surface area (Å²) in [6.45, 7) is 9.61. The van der Waals surface area contributed by atoms with Crippen LogP contribution in [0.25, 0.3) is 5.52 Å². The average Bonchev–Trinajstić information content (AvgIpc) is 2.60. The van der Waals surface area contributed by atoms with Gasteiger partial charge in [-0.25, -0.2) is 4.98 Å². The SMILES string of the molecule is Cc1nc(NC2CNC2)n2ncn(C(C)(C)C)c(=O)c12. The summed E-state index contributed by atoms with van der Waals surface area (Å²) in [6, 6.07) is 0.354. The van der Waals surface area contributed by atoms with Crippen LogP contribution in [0.15, 0.2) is 11.1 Å². The van der Waals surface area contributed by atoms with Crippen molar-refractivity contribution in [3.63, 3.8) is 0 Å². The number of aryl methyl sites for hydroxylation is 1. The van der Waals surface area contributed by atoms with E-state index in [1.807, 2.05) is 27.7 Å². The monoisotopic (exact) mass is 276 g/mol. The minimum absolute atomic E-state index is 0.0581. The lowest BCUT2D eigenvalue weighted by Crippen LogP contribution is -2.51. The number of nitrogens with zero attached hydrogens (tertiary/aromatic N) is 4. The second-order valence-corrected chi connectivity index (χ2v) is 6.26. The number of imidazole rings is 1. The van der Waals surface area contributed by atoms with Crippen LogP contribution >= 0.6 is 0 Å². The second-order valence-electron chi connectivity index (χ2n) is 6.26. The summed E-state index contributed by atoms with van der Waals surface area (Å²) < 4.78 is 3.25. The molecule has 0 unspecified atom stereocenters. The van der Waals surface area contributed by atoms with Crippen LogP contribution in [0.2, 0.25) is 0 Å². The molecule has 0 radical (unpaired) electrons. The highest BCUT2D eigenvalue weighted by Gasteiger charge is 2.23. The second kappa shape index (κ2) is 4.31. The maximum Gasteiger partial charge on any atom is 0.280 e. The zero-order valence-corrected chi connectivity index (χ0v) is 12.3. The van der Waals surface area contributed by atoms with Crippen LogP contribution in [0, 0.1) is 6.92 Å². The van der Waals surface area contributed by atoms with Crippen LogP contribution in [0.3, 0.4) is 0 Å². The normalized spacial score (nSPS) is 16.4. The van der Waals surface area contributed by atoms with Crippen molar-refractivity contribution in [2.24, 2.45) is 0 Å². The number of hydrogen-bond donors (Lipinski definition) is 2. The lowest BCUT2D eigenvalue weighted by Gasteiger charge is -2.27. The maximum atomic E-state index is 12.6. The minimum atomic E-state index is -0.298. The molecule has 0 aromatic carbocycles. The van der Waals surface area contributed by atoms with Crippen LogP contribution in [-0.4, -0.2) is 38.3 Å². The largest absolute Gasteiger partial charge is 0.349 e. The van der Waals surface area contributed by atoms with E-state index in [9.17, 15) is 4.79 Å². The number of hydrogen-bond acceptors (Lipinski definition) is 5. The molecule has 108 valence electrons. The van der Waals surface area contributed by atoms with Gasteiger partial charge < -0.3 is 10.6 Å². The smallest absolute Gasteiger partial charge is 0.280 e. The van der Waals surface area contributed by atoms with E-state index in [1.54, 1.807) is 15.4 Å². The summed E-state index contributed by atoms with van der Waals surface area (Å²) in [5.74, 6) is 0.641. The van der Waals surface area contributed by atoms with Gasteiger partial charge in [-0.15, -0.1) is 0 Å². The van der Waals surface area contributed by atoms with Crippen molar-refractivity contribution in [3.8, 4) is 0 Å². The van der Waals surface area contributed by atoms with Gasteiger partial charge in [0, 0.05) is 18.6 Å². The molecular weight excluding hydrogens is 256 g/mol. The van der Waals surface area contributed by atoms with Crippen LogP contribution in [0.5, 0.6) is 0 Å². The van der Waals surface area contributed by atoms with Gasteiger partial charge in [-0.05, 0) is 27.7 Å². The van der Waals surface area contributed by atoms with E-state index >= 15 is 0 Å². The minimum Gasteiger partial charge on any atom is -0.349 e. The van der Waals surface area contributed by atoms with Gasteiger partial charge in [0.25, 0.3) is 5.56 Å². The summed E-state index contributed by atoms with van der Waals surface area (Å²) >= 11 is 0. The van der Waals surface area contributed by atoms with Crippen molar-refractivity contribution < 1.29 is 0 Å². The van der Waals surface area contributed by atoms with Crippen LogP contribution < -0.4 is 16.2 Å². The fourth-order valence-corrected chi connectivity index (χ4v) is 2.29. The molecule has 0 aliphatic carbocycles. The Labute approximate surface area is 117 Å².